The first-order valence-electron chi connectivity index (χ1n) is 7.06. The molecule has 0 bridgehead atoms. The number of carboxylic acid groups (broad SMARTS) is 1. The van der Waals surface area contributed by atoms with Gasteiger partial charge in [-0.05, 0) is 56.2 Å². The van der Waals surface area contributed by atoms with Crippen molar-refractivity contribution in [3.05, 3.63) is 35.4 Å². The molecule has 1 aromatic carbocycles. The Morgan fingerprint density at radius 3 is 2.42 bits per heavy atom. The summed E-state index contributed by atoms with van der Waals surface area (Å²) in [5, 5.41) is 12.5. The van der Waals surface area contributed by atoms with E-state index < -0.39 is 5.97 Å². The molecule has 0 spiro atoms. The lowest BCUT2D eigenvalue weighted by Gasteiger charge is -2.37. The Hall–Kier alpha value is -1.35. The number of benzene rings is 1. The summed E-state index contributed by atoms with van der Waals surface area (Å²) < 4.78 is 0. The maximum atomic E-state index is 10.8. The van der Waals surface area contributed by atoms with E-state index in [0.717, 1.165) is 18.0 Å². The van der Waals surface area contributed by atoms with Crippen LogP contribution in [-0.4, -0.2) is 16.6 Å². The normalized spacial score (nSPS) is 27.2. The molecule has 0 radical (unpaired) electrons. The van der Waals surface area contributed by atoms with Gasteiger partial charge in [0.05, 0.1) is 5.56 Å². The highest BCUT2D eigenvalue weighted by atomic mass is 16.4. The van der Waals surface area contributed by atoms with Gasteiger partial charge in [-0.1, -0.05) is 19.1 Å². The van der Waals surface area contributed by atoms with Crippen molar-refractivity contribution in [3.8, 4) is 0 Å². The molecular weight excluding hydrogens is 238 g/mol. The summed E-state index contributed by atoms with van der Waals surface area (Å²) in [6.45, 7) is 5.43. The second-order valence-electron chi connectivity index (χ2n) is 6.10. The van der Waals surface area contributed by atoms with Crippen LogP contribution < -0.4 is 5.32 Å². The van der Waals surface area contributed by atoms with E-state index in [9.17, 15) is 4.79 Å². The number of nitrogens with one attached hydrogen (secondary N) is 1. The van der Waals surface area contributed by atoms with Crippen molar-refractivity contribution >= 4 is 5.97 Å². The average Bonchev–Trinajstić information content (AvgIpc) is 2.41. The van der Waals surface area contributed by atoms with Gasteiger partial charge in [0.2, 0.25) is 0 Å². The fraction of sp³-hybridized carbons (Fsp3) is 0.562. The second kappa shape index (κ2) is 5.74. The zero-order chi connectivity index (χ0) is 13.9. The molecule has 19 heavy (non-hydrogen) atoms. The molecule has 2 rings (SSSR count). The molecule has 0 atom stereocenters. The summed E-state index contributed by atoms with van der Waals surface area (Å²) in [5.74, 6) is -0.0162. The fourth-order valence-electron chi connectivity index (χ4n) is 2.66. The summed E-state index contributed by atoms with van der Waals surface area (Å²) in [7, 11) is 0. The molecule has 1 fully saturated rings. The summed E-state index contributed by atoms with van der Waals surface area (Å²) in [6.07, 6.45) is 5.03. The molecule has 3 heteroatoms. The van der Waals surface area contributed by atoms with E-state index >= 15 is 0 Å². The van der Waals surface area contributed by atoms with Gasteiger partial charge < -0.3 is 10.4 Å². The highest BCUT2D eigenvalue weighted by molar-refractivity contribution is 5.87. The van der Waals surface area contributed by atoms with Crippen LogP contribution in [-0.2, 0) is 6.54 Å². The smallest absolute Gasteiger partial charge is 0.335 e. The Kier molecular flexibility index (Phi) is 4.25. The molecule has 0 amide bonds. The number of hydrogen-bond acceptors (Lipinski definition) is 2. The summed E-state index contributed by atoms with van der Waals surface area (Å²) in [4.78, 5) is 10.8. The molecule has 0 unspecified atom stereocenters. The Bertz CT molecular complexity index is 431. The van der Waals surface area contributed by atoms with Crippen LogP contribution in [0.3, 0.4) is 0 Å². The number of rotatable bonds is 4. The maximum Gasteiger partial charge on any atom is 0.335 e. The topological polar surface area (TPSA) is 49.3 Å². The molecular formula is C16H23NO2. The third-order valence-electron chi connectivity index (χ3n) is 4.30. The lowest BCUT2D eigenvalue weighted by Crippen LogP contribution is -2.44. The van der Waals surface area contributed by atoms with Crippen LogP contribution in [0.4, 0.5) is 0 Å². The van der Waals surface area contributed by atoms with Gasteiger partial charge in [-0.25, -0.2) is 4.79 Å². The first-order valence-corrected chi connectivity index (χ1v) is 7.06. The monoisotopic (exact) mass is 261 g/mol. The van der Waals surface area contributed by atoms with Crippen LogP contribution in [0.1, 0.15) is 55.5 Å². The van der Waals surface area contributed by atoms with Crippen molar-refractivity contribution in [2.75, 3.05) is 0 Å². The zero-order valence-corrected chi connectivity index (χ0v) is 11.8. The second-order valence-corrected chi connectivity index (χ2v) is 6.10. The summed E-state index contributed by atoms with van der Waals surface area (Å²) >= 11 is 0. The molecule has 0 saturated heterocycles. The van der Waals surface area contributed by atoms with Crippen molar-refractivity contribution in [1.82, 2.24) is 5.32 Å². The van der Waals surface area contributed by atoms with Gasteiger partial charge in [0.15, 0.2) is 0 Å². The van der Waals surface area contributed by atoms with Crippen LogP contribution >= 0.6 is 0 Å². The minimum absolute atomic E-state index is 0.234. The van der Waals surface area contributed by atoms with E-state index in [1.807, 2.05) is 12.1 Å². The molecule has 1 aliphatic rings. The van der Waals surface area contributed by atoms with E-state index in [0.29, 0.717) is 5.56 Å². The van der Waals surface area contributed by atoms with Gasteiger partial charge >= 0.3 is 5.97 Å². The number of aromatic carboxylic acids is 1. The van der Waals surface area contributed by atoms with Crippen molar-refractivity contribution in [2.24, 2.45) is 5.92 Å². The van der Waals surface area contributed by atoms with Crippen molar-refractivity contribution in [2.45, 2.75) is 51.6 Å². The lowest BCUT2D eigenvalue weighted by atomic mass is 9.78. The minimum atomic E-state index is -0.868. The lowest BCUT2D eigenvalue weighted by molar-refractivity contribution is 0.0697. The molecule has 104 valence electrons. The van der Waals surface area contributed by atoms with E-state index in [2.05, 4.69) is 19.2 Å². The predicted molar refractivity (Wildman–Crippen MR) is 76.3 cm³/mol. The Balaban J connectivity index is 1.89. The minimum Gasteiger partial charge on any atom is -0.478 e. The van der Waals surface area contributed by atoms with E-state index in [-0.39, 0.29) is 5.54 Å². The molecule has 0 aliphatic heterocycles. The Morgan fingerprint density at radius 2 is 1.89 bits per heavy atom. The quantitative estimate of drug-likeness (QED) is 0.873. The van der Waals surface area contributed by atoms with Crippen LogP contribution in [0.15, 0.2) is 24.3 Å². The standard InChI is InChI=1S/C16H23NO2/c1-12-7-9-16(2,10-8-12)17-11-13-3-5-14(6-4-13)15(18)19/h3-6,12,17H,7-11H2,1-2H3,(H,18,19). The van der Waals surface area contributed by atoms with Crippen molar-refractivity contribution in [3.63, 3.8) is 0 Å². The van der Waals surface area contributed by atoms with E-state index in [1.165, 1.54) is 25.7 Å². The summed E-state index contributed by atoms with van der Waals surface area (Å²) in [6, 6.07) is 7.13. The third kappa shape index (κ3) is 3.80. The van der Waals surface area contributed by atoms with Gasteiger partial charge in [-0.3, -0.25) is 0 Å². The van der Waals surface area contributed by atoms with Crippen LogP contribution in [0.2, 0.25) is 0 Å². The van der Waals surface area contributed by atoms with Crippen LogP contribution in [0.5, 0.6) is 0 Å². The molecule has 1 aromatic rings. The van der Waals surface area contributed by atoms with E-state index in [4.69, 9.17) is 5.11 Å². The van der Waals surface area contributed by atoms with Gasteiger partial charge in [0.25, 0.3) is 0 Å². The summed E-state index contributed by atoms with van der Waals surface area (Å²) in [5.41, 5.74) is 1.73. The SMILES string of the molecule is CC1CCC(C)(NCc2ccc(C(=O)O)cc2)CC1. The molecule has 0 heterocycles. The first-order chi connectivity index (χ1) is 8.98. The zero-order valence-electron chi connectivity index (χ0n) is 11.8. The number of carbonyl (C=O) groups is 1. The van der Waals surface area contributed by atoms with Gasteiger partial charge in [-0.2, -0.15) is 0 Å². The van der Waals surface area contributed by atoms with Crippen LogP contribution in [0.25, 0.3) is 0 Å². The molecule has 0 aromatic heterocycles. The third-order valence-corrected chi connectivity index (χ3v) is 4.30. The van der Waals surface area contributed by atoms with Crippen molar-refractivity contribution in [1.29, 1.82) is 0 Å². The van der Waals surface area contributed by atoms with Gasteiger partial charge in [0, 0.05) is 12.1 Å². The van der Waals surface area contributed by atoms with Gasteiger partial charge in [-0.15, -0.1) is 0 Å². The fourth-order valence-corrected chi connectivity index (χ4v) is 2.66. The highest BCUT2D eigenvalue weighted by Gasteiger charge is 2.28. The molecule has 2 N–H and O–H groups in total. The number of hydrogen-bond donors (Lipinski definition) is 2. The predicted octanol–water partition coefficient (Wildman–Crippen LogP) is 3.44. The van der Waals surface area contributed by atoms with Crippen molar-refractivity contribution < 1.29 is 9.90 Å². The van der Waals surface area contributed by atoms with E-state index in [1.54, 1.807) is 12.1 Å². The van der Waals surface area contributed by atoms with Gasteiger partial charge in [0.1, 0.15) is 0 Å². The highest BCUT2D eigenvalue weighted by Crippen LogP contribution is 2.31. The molecule has 3 nitrogen and oxygen atoms in total. The number of carboxylic acids is 1. The molecule has 1 saturated carbocycles. The average molecular weight is 261 g/mol. The largest absolute Gasteiger partial charge is 0.478 e. The van der Waals surface area contributed by atoms with Crippen LogP contribution in [0, 0.1) is 5.92 Å². The Labute approximate surface area is 115 Å². The first kappa shape index (κ1) is 14.1. The maximum absolute atomic E-state index is 10.8. The molecule has 1 aliphatic carbocycles. The Morgan fingerprint density at radius 1 is 1.32 bits per heavy atom.